The molecule has 0 aromatic heterocycles. The summed E-state index contributed by atoms with van der Waals surface area (Å²) in [5, 5.41) is 9.10. The first kappa shape index (κ1) is 14.4. The molecule has 106 valence electrons. The maximum Gasteiger partial charge on any atom is 0.243 e. The number of aryl methyl sites for hydroxylation is 1. The van der Waals surface area contributed by atoms with Gasteiger partial charge in [0, 0.05) is 18.2 Å². The van der Waals surface area contributed by atoms with E-state index in [1.54, 1.807) is 0 Å². The topological polar surface area (TPSA) is 57.6 Å². The van der Waals surface area contributed by atoms with Crippen molar-refractivity contribution in [2.45, 2.75) is 44.2 Å². The molecule has 19 heavy (non-hydrogen) atoms. The first-order chi connectivity index (χ1) is 8.87. The van der Waals surface area contributed by atoms with Crippen LogP contribution in [0.3, 0.4) is 0 Å². The van der Waals surface area contributed by atoms with Crippen LogP contribution in [0.15, 0.2) is 17.0 Å². The molecule has 1 heterocycles. The van der Waals surface area contributed by atoms with E-state index in [-0.39, 0.29) is 22.1 Å². The summed E-state index contributed by atoms with van der Waals surface area (Å²) in [6.45, 7) is 3.36. The fourth-order valence-electron chi connectivity index (χ4n) is 2.47. The van der Waals surface area contributed by atoms with E-state index in [0.29, 0.717) is 6.54 Å². The second-order valence-electron chi connectivity index (χ2n) is 4.98. The lowest BCUT2D eigenvalue weighted by Gasteiger charge is -2.21. The SMILES string of the molecule is Cc1cc(S(=O)(=O)N2CCCC2C)cc(CO)c1F. The highest BCUT2D eigenvalue weighted by molar-refractivity contribution is 7.89. The number of hydrogen-bond acceptors (Lipinski definition) is 3. The zero-order chi connectivity index (χ0) is 14.2. The summed E-state index contributed by atoms with van der Waals surface area (Å²) in [6, 6.07) is 2.52. The number of aliphatic hydroxyl groups is 1. The van der Waals surface area contributed by atoms with Crippen LogP contribution in [0.25, 0.3) is 0 Å². The molecule has 0 bridgehead atoms. The minimum absolute atomic E-state index is 0.0189. The van der Waals surface area contributed by atoms with E-state index in [9.17, 15) is 12.8 Å². The summed E-state index contributed by atoms with van der Waals surface area (Å²) in [5.74, 6) is -0.545. The third-order valence-electron chi connectivity index (χ3n) is 3.57. The van der Waals surface area contributed by atoms with Gasteiger partial charge in [0.2, 0.25) is 10.0 Å². The van der Waals surface area contributed by atoms with Gasteiger partial charge in [0.1, 0.15) is 5.82 Å². The fourth-order valence-corrected chi connectivity index (χ4v) is 4.31. The van der Waals surface area contributed by atoms with Gasteiger partial charge < -0.3 is 5.11 Å². The second-order valence-corrected chi connectivity index (χ2v) is 6.87. The number of rotatable bonds is 3. The molecule has 0 aliphatic carbocycles. The molecule has 1 fully saturated rings. The monoisotopic (exact) mass is 287 g/mol. The van der Waals surface area contributed by atoms with E-state index in [1.165, 1.54) is 23.4 Å². The van der Waals surface area contributed by atoms with Crippen LogP contribution in [0.1, 0.15) is 30.9 Å². The number of hydrogen-bond donors (Lipinski definition) is 1. The summed E-state index contributed by atoms with van der Waals surface area (Å²) in [7, 11) is -3.60. The van der Waals surface area contributed by atoms with E-state index >= 15 is 0 Å². The molecule has 1 N–H and O–H groups in total. The van der Waals surface area contributed by atoms with Crippen molar-refractivity contribution in [2.24, 2.45) is 0 Å². The molecule has 1 atom stereocenters. The Hall–Kier alpha value is -0.980. The number of aliphatic hydroxyl groups excluding tert-OH is 1. The van der Waals surface area contributed by atoms with Crippen molar-refractivity contribution in [2.75, 3.05) is 6.54 Å². The number of nitrogens with zero attached hydrogens (tertiary/aromatic N) is 1. The lowest BCUT2D eigenvalue weighted by molar-refractivity contribution is 0.275. The number of halogens is 1. The van der Waals surface area contributed by atoms with Crippen LogP contribution in [0.2, 0.25) is 0 Å². The quantitative estimate of drug-likeness (QED) is 0.922. The van der Waals surface area contributed by atoms with Crippen LogP contribution in [0.5, 0.6) is 0 Å². The third kappa shape index (κ3) is 2.52. The lowest BCUT2D eigenvalue weighted by atomic mass is 10.1. The van der Waals surface area contributed by atoms with Crippen molar-refractivity contribution >= 4 is 10.0 Å². The average molecular weight is 287 g/mol. The van der Waals surface area contributed by atoms with Gasteiger partial charge in [-0.15, -0.1) is 0 Å². The first-order valence-corrected chi connectivity index (χ1v) is 7.73. The van der Waals surface area contributed by atoms with E-state index in [0.717, 1.165) is 12.8 Å². The summed E-state index contributed by atoms with van der Waals surface area (Å²) in [6.07, 6.45) is 1.68. The Bertz CT molecular complexity index is 586. The summed E-state index contributed by atoms with van der Waals surface area (Å²) in [5.41, 5.74) is 0.252. The first-order valence-electron chi connectivity index (χ1n) is 6.29. The molecule has 1 aromatic carbocycles. The highest BCUT2D eigenvalue weighted by Crippen LogP contribution is 2.28. The Kier molecular flexibility index (Phi) is 3.94. The van der Waals surface area contributed by atoms with Gasteiger partial charge in [-0.3, -0.25) is 0 Å². The van der Waals surface area contributed by atoms with Crippen LogP contribution >= 0.6 is 0 Å². The second kappa shape index (κ2) is 5.19. The van der Waals surface area contributed by atoms with E-state index in [4.69, 9.17) is 5.11 Å². The molecule has 2 rings (SSSR count). The van der Waals surface area contributed by atoms with Crippen LogP contribution in [0, 0.1) is 12.7 Å². The minimum Gasteiger partial charge on any atom is -0.392 e. The molecule has 0 radical (unpaired) electrons. The zero-order valence-corrected chi connectivity index (χ0v) is 11.9. The number of benzene rings is 1. The average Bonchev–Trinajstić information content (AvgIpc) is 2.79. The minimum atomic E-state index is -3.60. The fraction of sp³-hybridized carbons (Fsp3) is 0.538. The summed E-state index contributed by atoms with van der Waals surface area (Å²) >= 11 is 0. The molecule has 0 spiro atoms. The van der Waals surface area contributed by atoms with Crippen LogP contribution < -0.4 is 0 Å². The van der Waals surface area contributed by atoms with Crippen molar-refractivity contribution in [3.8, 4) is 0 Å². The van der Waals surface area contributed by atoms with Gasteiger partial charge in [-0.25, -0.2) is 12.8 Å². The molecule has 1 unspecified atom stereocenters. The van der Waals surface area contributed by atoms with E-state index in [2.05, 4.69) is 0 Å². The van der Waals surface area contributed by atoms with Crippen molar-refractivity contribution in [3.63, 3.8) is 0 Å². The molecule has 1 saturated heterocycles. The molecule has 0 amide bonds. The Morgan fingerprint density at radius 1 is 1.47 bits per heavy atom. The van der Waals surface area contributed by atoms with Crippen LogP contribution in [0.4, 0.5) is 4.39 Å². The van der Waals surface area contributed by atoms with Gasteiger partial charge in [-0.05, 0) is 44.4 Å². The molecule has 6 heteroatoms. The van der Waals surface area contributed by atoms with Crippen molar-refractivity contribution < 1.29 is 17.9 Å². The van der Waals surface area contributed by atoms with Crippen molar-refractivity contribution in [1.82, 2.24) is 4.31 Å². The highest BCUT2D eigenvalue weighted by Gasteiger charge is 2.33. The highest BCUT2D eigenvalue weighted by atomic mass is 32.2. The van der Waals surface area contributed by atoms with Gasteiger partial charge in [0.05, 0.1) is 11.5 Å². The van der Waals surface area contributed by atoms with E-state index < -0.39 is 22.4 Å². The predicted octanol–water partition coefficient (Wildman–Crippen LogP) is 1.80. The Balaban J connectivity index is 2.49. The smallest absolute Gasteiger partial charge is 0.243 e. The number of sulfonamides is 1. The van der Waals surface area contributed by atoms with Gasteiger partial charge in [0.15, 0.2) is 0 Å². The largest absolute Gasteiger partial charge is 0.392 e. The normalized spacial score (nSPS) is 20.9. The van der Waals surface area contributed by atoms with Gasteiger partial charge in [0.25, 0.3) is 0 Å². The summed E-state index contributed by atoms with van der Waals surface area (Å²) < 4.78 is 40.1. The Labute approximate surface area is 112 Å². The van der Waals surface area contributed by atoms with Crippen molar-refractivity contribution in [1.29, 1.82) is 0 Å². The third-order valence-corrected chi connectivity index (χ3v) is 5.56. The van der Waals surface area contributed by atoms with Crippen LogP contribution in [-0.2, 0) is 16.6 Å². The molecular formula is C13H18FNO3S. The molecule has 1 aliphatic heterocycles. The van der Waals surface area contributed by atoms with Crippen LogP contribution in [-0.4, -0.2) is 30.4 Å². The molecule has 1 aliphatic rings. The maximum absolute atomic E-state index is 13.7. The van der Waals surface area contributed by atoms with Gasteiger partial charge >= 0.3 is 0 Å². The van der Waals surface area contributed by atoms with E-state index in [1.807, 2.05) is 6.92 Å². The summed E-state index contributed by atoms with van der Waals surface area (Å²) in [4.78, 5) is 0.0594. The molecule has 4 nitrogen and oxygen atoms in total. The Morgan fingerprint density at radius 2 is 2.16 bits per heavy atom. The maximum atomic E-state index is 13.7. The molecule has 0 saturated carbocycles. The molecule has 1 aromatic rings. The zero-order valence-electron chi connectivity index (χ0n) is 11.1. The van der Waals surface area contributed by atoms with Gasteiger partial charge in [-0.1, -0.05) is 0 Å². The van der Waals surface area contributed by atoms with Gasteiger partial charge in [-0.2, -0.15) is 4.31 Å². The Morgan fingerprint density at radius 3 is 2.68 bits per heavy atom. The standard InChI is InChI=1S/C13H18FNO3S/c1-9-6-12(7-11(8-16)13(9)14)19(17,18)15-5-3-4-10(15)2/h6-7,10,16H,3-5,8H2,1-2H3. The van der Waals surface area contributed by atoms with Crippen molar-refractivity contribution in [3.05, 3.63) is 29.1 Å². The molecular weight excluding hydrogens is 269 g/mol. The predicted molar refractivity (Wildman–Crippen MR) is 69.6 cm³/mol. The lowest BCUT2D eigenvalue weighted by Crippen LogP contribution is -2.33.